The highest BCUT2D eigenvalue weighted by molar-refractivity contribution is 7.16. The molecule has 1 N–H and O–H groups in total. The van der Waals surface area contributed by atoms with Gasteiger partial charge >= 0.3 is 5.97 Å². The third-order valence-electron chi connectivity index (χ3n) is 4.85. The maximum absolute atomic E-state index is 12.4. The molecule has 1 aliphatic carbocycles. The standard InChI is InChI=1S/C21H26N2O3S/c1-4-23(5-2)15-11-10-14(17(24)12-15)13-22-20-19(21(25)26-6-3)16-8-7-9-18(16)27-20/h10-13,24H,4-9H2,1-3H3. The Morgan fingerprint density at radius 1 is 1.30 bits per heavy atom. The van der Waals surface area contributed by atoms with Crippen LogP contribution in [0.3, 0.4) is 0 Å². The van der Waals surface area contributed by atoms with E-state index >= 15 is 0 Å². The number of benzene rings is 1. The van der Waals surface area contributed by atoms with E-state index in [1.165, 1.54) is 4.88 Å². The highest BCUT2D eigenvalue weighted by Crippen LogP contribution is 2.41. The highest BCUT2D eigenvalue weighted by atomic mass is 32.1. The van der Waals surface area contributed by atoms with Crippen LogP contribution in [0.15, 0.2) is 23.2 Å². The maximum Gasteiger partial charge on any atom is 0.341 e. The number of aliphatic imine (C=N–C) groups is 1. The number of rotatable bonds is 7. The largest absolute Gasteiger partial charge is 0.507 e. The van der Waals surface area contributed by atoms with Gasteiger partial charge in [0.05, 0.1) is 12.2 Å². The van der Waals surface area contributed by atoms with Crippen LogP contribution in [0.1, 0.15) is 53.6 Å². The van der Waals surface area contributed by atoms with Gasteiger partial charge in [-0.1, -0.05) is 0 Å². The molecule has 0 bridgehead atoms. The van der Waals surface area contributed by atoms with Crippen molar-refractivity contribution in [2.45, 2.75) is 40.0 Å². The minimum atomic E-state index is -0.301. The molecule has 1 aromatic heterocycles. The molecule has 0 atom stereocenters. The summed E-state index contributed by atoms with van der Waals surface area (Å²) < 4.78 is 5.23. The summed E-state index contributed by atoms with van der Waals surface area (Å²) in [6.45, 7) is 8.09. The van der Waals surface area contributed by atoms with Crippen molar-refractivity contribution in [3.05, 3.63) is 39.8 Å². The van der Waals surface area contributed by atoms with E-state index < -0.39 is 0 Å². The van der Waals surface area contributed by atoms with Crippen LogP contribution in [-0.4, -0.2) is 37.0 Å². The zero-order valence-electron chi connectivity index (χ0n) is 16.1. The number of ether oxygens (including phenoxy) is 1. The van der Waals surface area contributed by atoms with Gasteiger partial charge < -0.3 is 14.7 Å². The number of carbonyl (C=O) groups excluding carboxylic acids is 1. The fraction of sp³-hybridized carbons (Fsp3) is 0.429. The number of aryl methyl sites for hydroxylation is 1. The Kier molecular flexibility index (Phi) is 6.16. The van der Waals surface area contributed by atoms with E-state index in [4.69, 9.17) is 4.74 Å². The monoisotopic (exact) mass is 386 g/mol. The van der Waals surface area contributed by atoms with Crippen molar-refractivity contribution in [1.82, 2.24) is 0 Å². The van der Waals surface area contributed by atoms with E-state index in [0.29, 0.717) is 22.7 Å². The number of thiophene rings is 1. The molecule has 0 spiro atoms. The van der Waals surface area contributed by atoms with E-state index in [1.807, 2.05) is 19.1 Å². The average Bonchev–Trinajstić information content (AvgIpc) is 3.22. The lowest BCUT2D eigenvalue weighted by Gasteiger charge is -2.21. The summed E-state index contributed by atoms with van der Waals surface area (Å²) in [4.78, 5) is 20.3. The molecule has 3 rings (SSSR count). The van der Waals surface area contributed by atoms with Crippen LogP contribution in [0, 0.1) is 0 Å². The lowest BCUT2D eigenvalue weighted by Crippen LogP contribution is -2.21. The van der Waals surface area contributed by atoms with Crippen molar-refractivity contribution in [2.24, 2.45) is 4.99 Å². The molecule has 0 unspecified atom stereocenters. The molecule has 0 amide bonds. The number of aromatic hydroxyl groups is 1. The zero-order chi connectivity index (χ0) is 19.4. The Morgan fingerprint density at radius 3 is 2.74 bits per heavy atom. The molecule has 0 saturated heterocycles. The van der Waals surface area contributed by atoms with Crippen LogP contribution in [0.5, 0.6) is 5.75 Å². The van der Waals surface area contributed by atoms with E-state index in [1.54, 1.807) is 23.6 Å². The number of phenolic OH excluding ortho intramolecular Hbond substituents is 1. The Labute approximate surface area is 164 Å². The average molecular weight is 387 g/mol. The van der Waals surface area contributed by atoms with Crippen LogP contribution in [0.4, 0.5) is 10.7 Å². The van der Waals surface area contributed by atoms with Gasteiger partial charge in [-0.25, -0.2) is 9.79 Å². The first-order valence-corrected chi connectivity index (χ1v) is 10.3. The van der Waals surface area contributed by atoms with Crippen molar-refractivity contribution < 1.29 is 14.6 Å². The smallest absolute Gasteiger partial charge is 0.341 e. The second-order valence-corrected chi connectivity index (χ2v) is 7.52. The number of hydrogen-bond donors (Lipinski definition) is 1. The topological polar surface area (TPSA) is 62.1 Å². The molecule has 1 aromatic carbocycles. The predicted molar refractivity (Wildman–Crippen MR) is 111 cm³/mol. The van der Waals surface area contributed by atoms with Crippen molar-refractivity contribution >= 4 is 34.2 Å². The van der Waals surface area contributed by atoms with Crippen LogP contribution >= 0.6 is 11.3 Å². The summed E-state index contributed by atoms with van der Waals surface area (Å²) in [5.41, 5.74) is 3.31. The second kappa shape index (κ2) is 8.57. The van der Waals surface area contributed by atoms with Crippen molar-refractivity contribution in [3.8, 4) is 5.75 Å². The minimum Gasteiger partial charge on any atom is -0.507 e. The minimum absolute atomic E-state index is 0.185. The normalized spacial score (nSPS) is 13.1. The van der Waals surface area contributed by atoms with Gasteiger partial charge in [0.15, 0.2) is 0 Å². The first-order valence-electron chi connectivity index (χ1n) is 9.52. The van der Waals surface area contributed by atoms with E-state index in [0.717, 1.165) is 43.6 Å². The third kappa shape index (κ3) is 4.00. The van der Waals surface area contributed by atoms with Crippen LogP contribution < -0.4 is 4.90 Å². The van der Waals surface area contributed by atoms with E-state index in [2.05, 4.69) is 23.7 Å². The van der Waals surface area contributed by atoms with Crippen molar-refractivity contribution in [3.63, 3.8) is 0 Å². The van der Waals surface area contributed by atoms with Gasteiger partial charge in [-0.3, -0.25) is 0 Å². The first kappa shape index (κ1) is 19.4. The SMILES string of the molecule is CCOC(=O)c1c(N=Cc2ccc(N(CC)CC)cc2O)sc2c1CCC2. The number of hydrogen-bond acceptors (Lipinski definition) is 6. The Bertz CT molecular complexity index is 853. The quantitative estimate of drug-likeness (QED) is 0.553. The second-order valence-electron chi connectivity index (χ2n) is 6.43. The summed E-state index contributed by atoms with van der Waals surface area (Å²) in [6, 6.07) is 5.60. The van der Waals surface area contributed by atoms with Crippen LogP contribution in [0.2, 0.25) is 0 Å². The number of phenols is 1. The molecule has 27 heavy (non-hydrogen) atoms. The fourth-order valence-electron chi connectivity index (χ4n) is 3.45. The van der Waals surface area contributed by atoms with Gasteiger partial charge in [0, 0.05) is 41.5 Å². The molecule has 0 radical (unpaired) electrons. The van der Waals surface area contributed by atoms with Gasteiger partial charge in [0.2, 0.25) is 0 Å². The molecule has 0 saturated carbocycles. The number of anilines is 1. The molecule has 0 aliphatic heterocycles. The molecular formula is C21H26N2O3S. The molecule has 2 aromatic rings. The van der Waals surface area contributed by atoms with E-state index in [9.17, 15) is 9.90 Å². The molecule has 1 heterocycles. The van der Waals surface area contributed by atoms with Crippen molar-refractivity contribution in [1.29, 1.82) is 0 Å². The number of carbonyl (C=O) groups is 1. The molecular weight excluding hydrogens is 360 g/mol. The first-order chi connectivity index (χ1) is 13.1. The van der Waals surface area contributed by atoms with Crippen LogP contribution in [0.25, 0.3) is 0 Å². The Balaban J connectivity index is 1.89. The summed E-state index contributed by atoms with van der Waals surface area (Å²) in [6.07, 6.45) is 4.60. The third-order valence-corrected chi connectivity index (χ3v) is 6.05. The lowest BCUT2D eigenvalue weighted by atomic mass is 10.1. The van der Waals surface area contributed by atoms with E-state index in [-0.39, 0.29) is 11.7 Å². The maximum atomic E-state index is 12.4. The predicted octanol–water partition coefficient (Wildman–Crippen LogP) is 4.72. The number of nitrogens with zero attached hydrogens (tertiary/aromatic N) is 2. The van der Waals surface area contributed by atoms with Gasteiger partial charge in [-0.2, -0.15) is 0 Å². The summed E-state index contributed by atoms with van der Waals surface area (Å²) in [5.74, 6) is -0.116. The number of fused-ring (bicyclic) bond motifs is 1. The highest BCUT2D eigenvalue weighted by Gasteiger charge is 2.27. The Hall–Kier alpha value is -2.34. The van der Waals surface area contributed by atoms with Gasteiger partial charge in [0.25, 0.3) is 0 Å². The molecule has 0 fully saturated rings. The Morgan fingerprint density at radius 2 is 2.07 bits per heavy atom. The fourth-order valence-corrected chi connectivity index (χ4v) is 4.67. The summed E-state index contributed by atoms with van der Waals surface area (Å²) in [7, 11) is 0. The zero-order valence-corrected chi connectivity index (χ0v) is 16.9. The van der Waals surface area contributed by atoms with Gasteiger partial charge in [-0.05, 0) is 57.7 Å². The number of esters is 1. The molecule has 144 valence electrons. The van der Waals surface area contributed by atoms with Crippen molar-refractivity contribution in [2.75, 3.05) is 24.6 Å². The lowest BCUT2D eigenvalue weighted by molar-refractivity contribution is 0.0527. The molecule has 5 nitrogen and oxygen atoms in total. The van der Waals surface area contributed by atoms with Crippen LogP contribution in [-0.2, 0) is 17.6 Å². The molecule has 1 aliphatic rings. The van der Waals surface area contributed by atoms with Gasteiger partial charge in [0.1, 0.15) is 10.8 Å². The van der Waals surface area contributed by atoms with Gasteiger partial charge in [-0.15, -0.1) is 11.3 Å². The summed E-state index contributed by atoms with van der Waals surface area (Å²) >= 11 is 1.55. The summed E-state index contributed by atoms with van der Waals surface area (Å²) in [5, 5.41) is 11.1. The molecule has 6 heteroatoms.